The third kappa shape index (κ3) is 9.19. The van der Waals surface area contributed by atoms with Gasteiger partial charge in [0.25, 0.3) is 0 Å². The zero-order valence-corrected chi connectivity index (χ0v) is 36.5. The maximum atomic E-state index is 2.47. The molecule has 0 aliphatic rings. The van der Waals surface area contributed by atoms with Crippen LogP contribution in [-0.2, 0) is 25.7 Å². The minimum Gasteiger partial charge on any atom is -0.0654 e. The molecule has 0 radical (unpaired) electrons. The van der Waals surface area contributed by atoms with Gasteiger partial charge in [0.05, 0.1) is 0 Å². The van der Waals surface area contributed by atoms with Crippen LogP contribution >= 0.6 is 0 Å². The molecule has 0 saturated carbocycles. The third-order valence-electron chi connectivity index (χ3n) is 12.7. The molecule has 8 rings (SSSR count). The van der Waals surface area contributed by atoms with Gasteiger partial charge in [-0.3, -0.25) is 0 Å². The average Bonchev–Trinajstić information content (AvgIpc) is 3.31. The lowest BCUT2D eigenvalue weighted by Crippen LogP contribution is -1.92. The maximum absolute atomic E-state index is 2.47. The van der Waals surface area contributed by atoms with E-state index >= 15 is 0 Å². The molecule has 0 aliphatic heterocycles. The Bertz CT molecular complexity index is 2450. The van der Waals surface area contributed by atoms with Crippen LogP contribution in [-0.4, -0.2) is 0 Å². The molecular weight excluding hydrogens is 721 g/mol. The molecule has 0 fully saturated rings. The highest BCUT2D eigenvalue weighted by atomic mass is 14.2. The molecule has 0 heterocycles. The summed E-state index contributed by atoms with van der Waals surface area (Å²) in [4.78, 5) is 0. The molecular formula is C60H62. The van der Waals surface area contributed by atoms with Crippen LogP contribution in [0.15, 0.2) is 158 Å². The van der Waals surface area contributed by atoms with E-state index in [1.54, 1.807) is 0 Å². The fourth-order valence-corrected chi connectivity index (χ4v) is 9.01. The minimum absolute atomic E-state index is 1.12. The Morgan fingerprint density at radius 2 is 0.533 bits per heavy atom. The first-order valence-corrected chi connectivity index (χ1v) is 23.1. The molecule has 0 bridgehead atoms. The summed E-state index contributed by atoms with van der Waals surface area (Å²) < 4.78 is 0. The average molecular weight is 783 g/mol. The van der Waals surface area contributed by atoms with Gasteiger partial charge in [0.15, 0.2) is 0 Å². The topological polar surface area (TPSA) is 0 Å². The van der Waals surface area contributed by atoms with E-state index < -0.39 is 0 Å². The molecule has 0 heteroatoms. The molecule has 0 saturated heterocycles. The monoisotopic (exact) mass is 782 g/mol. The molecule has 0 unspecified atom stereocenters. The molecule has 0 amide bonds. The Morgan fingerprint density at radius 1 is 0.250 bits per heavy atom. The van der Waals surface area contributed by atoms with Gasteiger partial charge >= 0.3 is 0 Å². The zero-order valence-electron chi connectivity index (χ0n) is 36.5. The molecule has 8 aromatic carbocycles. The summed E-state index contributed by atoms with van der Waals surface area (Å²) in [5, 5.41) is 5.17. The Labute approximate surface area is 360 Å². The highest BCUT2D eigenvalue weighted by molar-refractivity contribution is 6.10. The van der Waals surface area contributed by atoms with E-state index in [9.17, 15) is 0 Å². The van der Waals surface area contributed by atoms with Crippen molar-refractivity contribution in [1.82, 2.24) is 0 Å². The molecule has 8 aromatic rings. The number of aryl methyl sites for hydroxylation is 4. The van der Waals surface area contributed by atoms with Gasteiger partial charge in [0, 0.05) is 0 Å². The standard InChI is InChI=1S/C60H62/c1-5-9-15-43-23-31-47(32-24-43)53-19-13-21-55-57(49-35-27-45(28-36-49)17-11-7-3)39-51(41-59(53)55)52-40-58(50-37-29-46(30-38-50)18-12-8-4)56-22-14-20-54(60(56)42-52)48-33-25-44(26-34-48)16-10-6-2/h13-14,19-42H,5-12,15-18H2,1-4H3. The van der Waals surface area contributed by atoms with Gasteiger partial charge in [0.1, 0.15) is 0 Å². The summed E-state index contributed by atoms with van der Waals surface area (Å²) >= 11 is 0. The van der Waals surface area contributed by atoms with Crippen molar-refractivity contribution in [2.75, 3.05) is 0 Å². The largest absolute Gasteiger partial charge is 0.0654 e. The number of fused-ring (bicyclic) bond motifs is 2. The van der Waals surface area contributed by atoms with Crippen molar-refractivity contribution in [2.45, 2.75) is 105 Å². The van der Waals surface area contributed by atoms with Crippen molar-refractivity contribution in [3.63, 3.8) is 0 Å². The predicted molar refractivity (Wildman–Crippen MR) is 263 cm³/mol. The highest BCUT2D eigenvalue weighted by Crippen LogP contribution is 2.43. The van der Waals surface area contributed by atoms with E-state index in [4.69, 9.17) is 0 Å². The van der Waals surface area contributed by atoms with Gasteiger partial charge in [0.2, 0.25) is 0 Å². The first-order valence-electron chi connectivity index (χ1n) is 23.1. The van der Waals surface area contributed by atoms with Gasteiger partial charge in [-0.25, -0.2) is 0 Å². The number of benzene rings is 8. The molecule has 0 atom stereocenters. The molecule has 302 valence electrons. The highest BCUT2D eigenvalue weighted by Gasteiger charge is 2.17. The third-order valence-corrected chi connectivity index (χ3v) is 12.7. The Hall–Kier alpha value is -5.72. The van der Waals surface area contributed by atoms with Crippen LogP contribution in [0, 0.1) is 0 Å². The predicted octanol–water partition coefficient (Wildman–Crippen LogP) is 17.7. The van der Waals surface area contributed by atoms with Gasteiger partial charge in [-0.1, -0.05) is 187 Å². The van der Waals surface area contributed by atoms with Gasteiger partial charge in [-0.2, -0.15) is 0 Å². The fraction of sp³-hybridized carbons (Fsp3) is 0.267. The molecule has 0 spiro atoms. The fourth-order valence-electron chi connectivity index (χ4n) is 9.01. The quantitative estimate of drug-likeness (QED) is 0.0863. The Morgan fingerprint density at radius 3 is 0.817 bits per heavy atom. The summed E-state index contributed by atoms with van der Waals surface area (Å²) in [7, 11) is 0. The SMILES string of the molecule is CCCCc1ccc(-c2cc(-c3cc(-c4ccc(CCCC)cc4)c4cccc(-c5ccc(CCCC)cc5)c4c3)cc3c(-c4ccc(CCCC)cc4)cccc23)cc1. The lowest BCUT2D eigenvalue weighted by atomic mass is 9.86. The number of rotatable bonds is 17. The molecule has 0 N–H and O–H groups in total. The summed E-state index contributed by atoms with van der Waals surface area (Å²) in [5.74, 6) is 0. The van der Waals surface area contributed by atoms with Crippen LogP contribution < -0.4 is 0 Å². The van der Waals surface area contributed by atoms with Crippen molar-refractivity contribution in [3.05, 3.63) is 180 Å². The molecule has 0 aliphatic carbocycles. The summed E-state index contributed by atoms with van der Waals surface area (Å²) in [6, 6.07) is 61.2. The van der Waals surface area contributed by atoms with Crippen LogP contribution in [0.1, 0.15) is 101 Å². The second kappa shape index (κ2) is 19.6. The van der Waals surface area contributed by atoms with Crippen LogP contribution in [0.4, 0.5) is 0 Å². The number of hydrogen-bond donors (Lipinski definition) is 0. The molecule has 0 nitrogen and oxygen atoms in total. The zero-order chi connectivity index (χ0) is 41.3. The summed E-state index contributed by atoms with van der Waals surface area (Å²) in [6.45, 7) is 9.09. The van der Waals surface area contributed by atoms with Gasteiger partial charge in [-0.05, 0) is 175 Å². The lowest BCUT2D eigenvalue weighted by molar-refractivity contribution is 0.795. The molecule has 0 aromatic heterocycles. The van der Waals surface area contributed by atoms with E-state index in [-0.39, 0.29) is 0 Å². The Balaban J connectivity index is 1.35. The second-order valence-corrected chi connectivity index (χ2v) is 17.1. The number of hydrogen-bond acceptors (Lipinski definition) is 0. The van der Waals surface area contributed by atoms with E-state index in [0.29, 0.717) is 0 Å². The smallest absolute Gasteiger partial charge is 0.00930 e. The van der Waals surface area contributed by atoms with Gasteiger partial charge in [-0.15, -0.1) is 0 Å². The van der Waals surface area contributed by atoms with Crippen molar-refractivity contribution in [1.29, 1.82) is 0 Å². The summed E-state index contributed by atoms with van der Waals surface area (Å²) in [6.07, 6.45) is 14.2. The normalized spacial score (nSPS) is 11.5. The minimum atomic E-state index is 1.12. The van der Waals surface area contributed by atoms with Crippen molar-refractivity contribution < 1.29 is 0 Å². The van der Waals surface area contributed by atoms with E-state index in [1.165, 1.54) is 151 Å². The van der Waals surface area contributed by atoms with Crippen LogP contribution in [0.5, 0.6) is 0 Å². The molecule has 60 heavy (non-hydrogen) atoms. The maximum Gasteiger partial charge on any atom is -0.00930 e. The second-order valence-electron chi connectivity index (χ2n) is 17.1. The van der Waals surface area contributed by atoms with Crippen LogP contribution in [0.25, 0.3) is 77.2 Å². The van der Waals surface area contributed by atoms with E-state index in [1.807, 2.05) is 0 Å². The van der Waals surface area contributed by atoms with Crippen LogP contribution in [0.2, 0.25) is 0 Å². The first kappa shape index (κ1) is 41.0. The van der Waals surface area contributed by atoms with E-state index in [2.05, 4.69) is 185 Å². The summed E-state index contributed by atoms with van der Waals surface area (Å²) in [5.41, 5.74) is 18.3. The van der Waals surface area contributed by atoms with Crippen LogP contribution in [0.3, 0.4) is 0 Å². The first-order chi connectivity index (χ1) is 29.6. The van der Waals surface area contributed by atoms with Crippen molar-refractivity contribution in [2.24, 2.45) is 0 Å². The number of unbranched alkanes of at least 4 members (excludes halogenated alkanes) is 4. The van der Waals surface area contributed by atoms with Gasteiger partial charge < -0.3 is 0 Å². The van der Waals surface area contributed by atoms with E-state index in [0.717, 1.165) is 25.7 Å². The lowest BCUT2D eigenvalue weighted by Gasteiger charge is -2.18. The Kier molecular flexibility index (Phi) is 13.4. The van der Waals surface area contributed by atoms with Crippen molar-refractivity contribution >= 4 is 21.5 Å². The van der Waals surface area contributed by atoms with Crippen molar-refractivity contribution in [3.8, 4) is 55.6 Å².